The lowest BCUT2D eigenvalue weighted by Crippen LogP contribution is -2.39. The fourth-order valence-electron chi connectivity index (χ4n) is 4.16. The number of halogens is 3. The van der Waals surface area contributed by atoms with Gasteiger partial charge in [0.25, 0.3) is 0 Å². The zero-order valence-corrected chi connectivity index (χ0v) is 17.3. The Bertz CT molecular complexity index is 807. The van der Waals surface area contributed by atoms with Crippen LogP contribution < -0.4 is 10.6 Å². The van der Waals surface area contributed by atoms with E-state index >= 15 is 0 Å². The van der Waals surface area contributed by atoms with Crippen molar-refractivity contribution in [1.29, 1.82) is 0 Å². The summed E-state index contributed by atoms with van der Waals surface area (Å²) in [6, 6.07) is 5.05. The minimum atomic E-state index is -4.45. The molecule has 31 heavy (non-hydrogen) atoms. The summed E-state index contributed by atoms with van der Waals surface area (Å²) in [5, 5.41) is 5.69. The summed E-state index contributed by atoms with van der Waals surface area (Å²) in [5.41, 5.74) is -0.402. The van der Waals surface area contributed by atoms with Crippen molar-refractivity contribution in [3.63, 3.8) is 0 Å². The Balaban J connectivity index is 1.43. The van der Waals surface area contributed by atoms with E-state index in [1.165, 1.54) is 23.5 Å². The number of carbonyl (C=O) groups is 3. The summed E-state index contributed by atoms with van der Waals surface area (Å²) in [6.45, 7) is 0.362. The molecule has 170 valence electrons. The highest BCUT2D eigenvalue weighted by atomic mass is 19.4. The van der Waals surface area contributed by atoms with Gasteiger partial charge in [-0.3, -0.25) is 14.4 Å². The van der Waals surface area contributed by atoms with Crippen LogP contribution in [-0.2, 0) is 27.1 Å². The molecule has 2 aliphatic rings. The van der Waals surface area contributed by atoms with Gasteiger partial charge in [0.05, 0.1) is 11.5 Å². The van der Waals surface area contributed by atoms with E-state index < -0.39 is 17.7 Å². The number of rotatable bonds is 7. The maximum Gasteiger partial charge on any atom is 0.416 e. The monoisotopic (exact) mass is 439 g/mol. The van der Waals surface area contributed by atoms with E-state index in [9.17, 15) is 27.6 Å². The van der Waals surface area contributed by atoms with Crippen molar-refractivity contribution in [2.45, 2.75) is 63.7 Å². The molecule has 3 rings (SSSR count). The van der Waals surface area contributed by atoms with Crippen LogP contribution in [0.3, 0.4) is 0 Å². The summed E-state index contributed by atoms with van der Waals surface area (Å²) >= 11 is 0. The van der Waals surface area contributed by atoms with E-state index in [1.54, 1.807) is 0 Å². The van der Waals surface area contributed by atoms with Gasteiger partial charge in [-0.25, -0.2) is 0 Å². The quantitative estimate of drug-likeness (QED) is 0.686. The standard InChI is InChI=1S/C22H28F3N3O3/c23-22(24,25)17-6-4-5-15(11-17)13-28-14-16(12-20(28)30)21(31)26-10-9-19(29)27-18-7-2-1-3-8-18/h4-6,11,16,18H,1-3,7-10,12-14H2,(H,26,31)(H,27,29). The average Bonchev–Trinajstić information content (AvgIpc) is 3.08. The number of hydrogen-bond acceptors (Lipinski definition) is 3. The molecule has 1 atom stereocenters. The van der Waals surface area contributed by atoms with Gasteiger partial charge >= 0.3 is 6.18 Å². The van der Waals surface area contributed by atoms with E-state index in [4.69, 9.17) is 0 Å². The van der Waals surface area contributed by atoms with Gasteiger partial charge in [-0.2, -0.15) is 13.2 Å². The SMILES string of the molecule is O=C(CCNC(=O)C1CC(=O)N(Cc2cccc(C(F)(F)F)c2)C1)NC1CCCCC1. The molecule has 0 spiro atoms. The molecule has 0 bridgehead atoms. The minimum absolute atomic E-state index is 0.0130. The Morgan fingerprint density at radius 3 is 2.58 bits per heavy atom. The molecule has 2 N–H and O–H groups in total. The lowest BCUT2D eigenvalue weighted by atomic mass is 9.95. The van der Waals surface area contributed by atoms with Crippen molar-refractivity contribution >= 4 is 17.7 Å². The van der Waals surface area contributed by atoms with Crippen LogP contribution in [0.5, 0.6) is 0 Å². The summed E-state index contributed by atoms with van der Waals surface area (Å²) in [6.07, 6.45) is 1.16. The van der Waals surface area contributed by atoms with Gasteiger partial charge in [0, 0.05) is 38.5 Å². The Morgan fingerprint density at radius 2 is 1.87 bits per heavy atom. The second kappa shape index (κ2) is 10.2. The second-order valence-corrected chi connectivity index (χ2v) is 8.32. The number of alkyl halides is 3. The minimum Gasteiger partial charge on any atom is -0.355 e. The van der Waals surface area contributed by atoms with Crippen LogP contribution in [0.15, 0.2) is 24.3 Å². The molecule has 1 heterocycles. The summed E-state index contributed by atoms with van der Waals surface area (Å²) < 4.78 is 38.6. The van der Waals surface area contributed by atoms with Crippen LogP contribution in [0, 0.1) is 5.92 Å². The highest BCUT2D eigenvalue weighted by Crippen LogP contribution is 2.30. The van der Waals surface area contributed by atoms with Crippen LogP contribution in [0.2, 0.25) is 0 Å². The number of nitrogens with one attached hydrogen (secondary N) is 2. The molecule has 0 aromatic heterocycles. The lowest BCUT2D eigenvalue weighted by molar-refractivity contribution is -0.137. The zero-order valence-electron chi connectivity index (χ0n) is 17.3. The largest absolute Gasteiger partial charge is 0.416 e. The number of benzene rings is 1. The Morgan fingerprint density at radius 1 is 1.13 bits per heavy atom. The van der Waals surface area contributed by atoms with Crippen molar-refractivity contribution < 1.29 is 27.6 Å². The summed E-state index contributed by atoms with van der Waals surface area (Å²) in [7, 11) is 0. The van der Waals surface area contributed by atoms with Gasteiger partial charge in [0.1, 0.15) is 0 Å². The molecule has 3 amide bonds. The van der Waals surface area contributed by atoms with Crippen molar-refractivity contribution in [2.75, 3.05) is 13.1 Å². The third-order valence-corrected chi connectivity index (χ3v) is 5.83. The predicted octanol–water partition coefficient (Wildman–Crippen LogP) is 3.01. The third-order valence-electron chi connectivity index (χ3n) is 5.83. The fraction of sp³-hybridized carbons (Fsp3) is 0.591. The molecule has 1 aliphatic carbocycles. The average molecular weight is 439 g/mol. The van der Waals surface area contributed by atoms with Crippen LogP contribution in [-0.4, -0.2) is 41.8 Å². The maximum absolute atomic E-state index is 12.9. The van der Waals surface area contributed by atoms with E-state index in [1.807, 2.05) is 0 Å². The van der Waals surface area contributed by atoms with Crippen LogP contribution in [0.4, 0.5) is 13.2 Å². The van der Waals surface area contributed by atoms with Crippen molar-refractivity contribution in [3.8, 4) is 0 Å². The molecule has 1 unspecified atom stereocenters. The van der Waals surface area contributed by atoms with Crippen LogP contribution in [0.1, 0.15) is 56.1 Å². The Kier molecular flexibility index (Phi) is 7.56. The predicted molar refractivity (Wildman–Crippen MR) is 108 cm³/mol. The highest BCUT2D eigenvalue weighted by Gasteiger charge is 2.35. The summed E-state index contributed by atoms with van der Waals surface area (Å²) in [5.74, 6) is -1.25. The molecule has 1 aromatic carbocycles. The van der Waals surface area contributed by atoms with E-state index in [0.29, 0.717) is 5.56 Å². The third kappa shape index (κ3) is 6.70. The number of nitrogens with zero attached hydrogens (tertiary/aromatic N) is 1. The first-order valence-electron chi connectivity index (χ1n) is 10.7. The molecular weight excluding hydrogens is 411 g/mol. The van der Waals surface area contributed by atoms with Crippen LogP contribution in [0.25, 0.3) is 0 Å². The number of hydrogen-bond donors (Lipinski definition) is 2. The second-order valence-electron chi connectivity index (χ2n) is 8.32. The topological polar surface area (TPSA) is 78.5 Å². The molecule has 9 heteroatoms. The van der Waals surface area contributed by atoms with Gasteiger partial charge in [-0.05, 0) is 30.5 Å². The fourth-order valence-corrected chi connectivity index (χ4v) is 4.16. The Labute approximate surface area is 179 Å². The zero-order chi connectivity index (χ0) is 22.4. The molecule has 1 saturated heterocycles. The molecule has 1 aliphatic heterocycles. The summed E-state index contributed by atoms with van der Waals surface area (Å²) in [4.78, 5) is 38.0. The van der Waals surface area contributed by atoms with Gasteiger partial charge in [-0.1, -0.05) is 31.4 Å². The molecular formula is C22H28F3N3O3. The van der Waals surface area contributed by atoms with E-state index in [-0.39, 0.29) is 56.2 Å². The molecule has 6 nitrogen and oxygen atoms in total. The van der Waals surface area contributed by atoms with Gasteiger partial charge in [-0.15, -0.1) is 0 Å². The molecule has 0 radical (unpaired) electrons. The smallest absolute Gasteiger partial charge is 0.355 e. The number of likely N-dealkylation sites (tertiary alicyclic amines) is 1. The molecule has 1 saturated carbocycles. The van der Waals surface area contributed by atoms with Gasteiger partial charge < -0.3 is 15.5 Å². The van der Waals surface area contributed by atoms with Gasteiger partial charge in [0.2, 0.25) is 17.7 Å². The van der Waals surface area contributed by atoms with E-state index in [2.05, 4.69) is 10.6 Å². The Hall–Kier alpha value is -2.58. The first-order chi connectivity index (χ1) is 14.7. The van der Waals surface area contributed by atoms with Gasteiger partial charge in [0.15, 0.2) is 0 Å². The van der Waals surface area contributed by atoms with E-state index in [0.717, 1.165) is 37.8 Å². The van der Waals surface area contributed by atoms with Crippen molar-refractivity contribution in [2.24, 2.45) is 5.92 Å². The van der Waals surface area contributed by atoms with Crippen molar-refractivity contribution in [1.82, 2.24) is 15.5 Å². The maximum atomic E-state index is 12.9. The van der Waals surface area contributed by atoms with Crippen molar-refractivity contribution in [3.05, 3.63) is 35.4 Å². The number of carbonyl (C=O) groups excluding carboxylic acids is 3. The molecule has 2 fully saturated rings. The first kappa shape index (κ1) is 23.1. The number of amides is 3. The normalized spacial score (nSPS) is 20.0. The highest BCUT2D eigenvalue weighted by molar-refractivity contribution is 5.89. The lowest BCUT2D eigenvalue weighted by Gasteiger charge is -2.22. The molecule has 1 aromatic rings. The van der Waals surface area contributed by atoms with Crippen LogP contribution >= 0.6 is 0 Å². The first-order valence-corrected chi connectivity index (χ1v) is 10.7.